The number of rotatable bonds is 5. The van der Waals surface area contributed by atoms with Crippen LogP contribution in [0.4, 0.5) is 0 Å². The lowest BCUT2D eigenvalue weighted by Crippen LogP contribution is -2.49. The molecule has 0 spiro atoms. The van der Waals surface area contributed by atoms with Crippen LogP contribution in [0.2, 0.25) is 0 Å². The van der Waals surface area contributed by atoms with E-state index in [0.717, 1.165) is 81.5 Å². The molecule has 6 heteroatoms. The largest absolute Gasteiger partial charge is 0.431 e. The van der Waals surface area contributed by atoms with Crippen LogP contribution in [0, 0.1) is 28.6 Å². The molecule has 39 heavy (non-hydrogen) atoms. The second-order valence-electron chi connectivity index (χ2n) is 14.1. The van der Waals surface area contributed by atoms with Crippen molar-refractivity contribution in [1.82, 2.24) is 4.90 Å². The van der Waals surface area contributed by atoms with Crippen molar-refractivity contribution >= 4 is 5.71 Å². The summed E-state index contributed by atoms with van der Waals surface area (Å²) >= 11 is 0. The number of fused-ring (bicyclic) bond motifs is 6. The van der Waals surface area contributed by atoms with Crippen molar-refractivity contribution < 1.29 is 14.4 Å². The predicted molar refractivity (Wildman–Crippen MR) is 154 cm³/mol. The van der Waals surface area contributed by atoms with Gasteiger partial charge in [-0.1, -0.05) is 31.5 Å². The van der Waals surface area contributed by atoms with Crippen LogP contribution >= 0.6 is 0 Å². The van der Waals surface area contributed by atoms with Gasteiger partial charge in [0.1, 0.15) is 6.61 Å². The molecule has 0 radical (unpaired) electrons. The number of hydrogen-bond acceptors (Lipinski definition) is 6. The summed E-state index contributed by atoms with van der Waals surface area (Å²) < 4.78 is 5.26. The number of oxime groups is 1. The van der Waals surface area contributed by atoms with Crippen molar-refractivity contribution in [2.45, 2.75) is 103 Å². The predicted octanol–water partition coefficient (Wildman–Crippen LogP) is 6.30. The van der Waals surface area contributed by atoms with Gasteiger partial charge in [-0.25, -0.2) is 4.79 Å². The van der Waals surface area contributed by atoms with E-state index in [9.17, 15) is 9.90 Å². The molecule has 1 aromatic rings. The summed E-state index contributed by atoms with van der Waals surface area (Å²) in [6.07, 6.45) is 15.8. The summed E-state index contributed by atoms with van der Waals surface area (Å²) in [6.45, 7) is 11.1. The van der Waals surface area contributed by atoms with Crippen LogP contribution in [-0.2, 0) is 4.84 Å². The van der Waals surface area contributed by atoms with E-state index < -0.39 is 5.60 Å². The Hall–Kier alpha value is -1.92. The van der Waals surface area contributed by atoms with E-state index in [0.29, 0.717) is 18.4 Å². The van der Waals surface area contributed by atoms with Gasteiger partial charge in [-0.3, -0.25) is 4.90 Å². The van der Waals surface area contributed by atoms with Crippen molar-refractivity contribution in [1.29, 1.82) is 0 Å². The van der Waals surface area contributed by atoms with Crippen LogP contribution in [0.1, 0.15) is 103 Å². The minimum Gasteiger partial charge on any atom is -0.431 e. The Morgan fingerprint density at radius 3 is 2.64 bits per heavy atom. The van der Waals surface area contributed by atoms with E-state index in [2.05, 4.69) is 36.9 Å². The molecule has 1 aromatic heterocycles. The minimum absolute atomic E-state index is 0.165. The molecule has 2 heterocycles. The molecule has 6 rings (SSSR count). The first-order chi connectivity index (χ1) is 18.7. The molecule has 6 nitrogen and oxygen atoms in total. The van der Waals surface area contributed by atoms with E-state index in [1.807, 2.05) is 6.07 Å². The van der Waals surface area contributed by atoms with Crippen molar-refractivity contribution in [3.05, 3.63) is 46.0 Å². The van der Waals surface area contributed by atoms with Gasteiger partial charge in [0.25, 0.3) is 0 Å². The fraction of sp³-hybridized carbons (Fsp3) is 0.758. The van der Waals surface area contributed by atoms with E-state index in [-0.39, 0.29) is 22.4 Å². The Labute approximate surface area is 233 Å². The second-order valence-corrected chi connectivity index (χ2v) is 14.1. The summed E-state index contributed by atoms with van der Waals surface area (Å²) in [5, 5.41) is 17.0. The standard InChI is InChI=1S/C33H48N2O4/c1-23-11-16-35(17-12-23)18-19-39-34-28-9-13-31(2)25(21-28)5-6-27-20-26(31)8-14-32(3)29(10-15-33(27,32)37)24-4-7-30(36)38-22-24/h4,7,21-23,26-27,29,37H,5-6,8-20H2,1-3H3/b34-28+/t26?,27-,29-,31+,32-,33+/m1/s1. The van der Waals surface area contributed by atoms with Crippen LogP contribution in [0.3, 0.4) is 0 Å². The second kappa shape index (κ2) is 10.5. The topological polar surface area (TPSA) is 75.3 Å². The molecular formula is C33H48N2O4. The highest BCUT2D eigenvalue weighted by molar-refractivity contribution is 5.96. The van der Waals surface area contributed by atoms with E-state index in [4.69, 9.17) is 9.25 Å². The highest BCUT2D eigenvalue weighted by Gasteiger charge is 2.63. The van der Waals surface area contributed by atoms with Gasteiger partial charge < -0.3 is 14.4 Å². The summed E-state index contributed by atoms with van der Waals surface area (Å²) in [5.41, 5.74) is 2.67. The van der Waals surface area contributed by atoms with Gasteiger partial charge in [0.15, 0.2) is 0 Å². The smallest absolute Gasteiger partial charge is 0.335 e. The summed E-state index contributed by atoms with van der Waals surface area (Å²) in [7, 11) is 0. The lowest BCUT2D eigenvalue weighted by atomic mass is 9.61. The van der Waals surface area contributed by atoms with Crippen molar-refractivity contribution in [3.63, 3.8) is 0 Å². The Balaban J connectivity index is 1.16. The van der Waals surface area contributed by atoms with Gasteiger partial charge in [-0.15, -0.1) is 0 Å². The fourth-order valence-corrected chi connectivity index (χ4v) is 9.30. The fourth-order valence-electron chi connectivity index (χ4n) is 9.30. The van der Waals surface area contributed by atoms with Crippen LogP contribution in [0.5, 0.6) is 0 Å². The third-order valence-electron chi connectivity index (χ3n) is 12.1. The van der Waals surface area contributed by atoms with Gasteiger partial charge in [0.05, 0.1) is 17.6 Å². The zero-order chi connectivity index (χ0) is 27.3. The molecule has 4 fully saturated rings. The van der Waals surface area contributed by atoms with E-state index >= 15 is 0 Å². The quantitative estimate of drug-likeness (QED) is 0.353. The monoisotopic (exact) mass is 536 g/mol. The Bertz CT molecular complexity index is 1150. The van der Waals surface area contributed by atoms with Crippen LogP contribution < -0.4 is 5.63 Å². The van der Waals surface area contributed by atoms with Gasteiger partial charge in [0, 0.05) is 18.0 Å². The van der Waals surface area contributed by atoms with E-state index in [1.165, 1.54) is 37.6 Å². The molecule has 1 saturated heterocycles. The van der Waals surface area contributed by atoms with Gasteiger partial charge in [0.2, 0.25) is 0 Å². The van der Waals surface area contributed by atoms with E-state index in [1.54, 1.807) is 6.26 Å². The molecule has 0 amide bonds. The molecule has 4 aliphatic carbocycles. The number of hydrogen-bond donors (Lipinski definition) is 1. The van der Waals surface area contributed by atoms with Gasteiger partial charge >= 0.3 is 5.63 Å². The first kappa shape index (κ1) is 27.3. The van der Waals surface area contributed by atoms with Gasteiger partial charge in [-0.05, 0) is 131 Å². The molecule has 1 unspecified atom stereocenters. The summed E-state index contributed by atoms with van der Waals surface area (Å²) in [6, 6.07) is 3.46. The number of likely N-dealkylation sites (tertiary alicyclic amines) is 1. The zero-order valence-electron chi connectivity index (χ0n) is 24.3. The molecule has 0 aromatic carbocycles. The maximum atomic E-state index is 12.4. The number of aliphatic hydroxyl groups is 1. The molecule has 6 atom stereocenters. The molecular weight excluding hydrogens is 488 g/mol. The number of piperidine rings is 1. The normalized spacial score (nSPS) is 40.4. The summed E-state index contributed by atoms with van der Waals surface area (Å²) in [4.78, 5) is 19.9. The molecule has 1 aliphatic heterocycles. The maximum absolute atomic E-state index is 12.4. The molecule has 1 N–H and O–H groups in total. The van der Waals surface area contributed by atoms with Crippen molar-refractivity contribution in [2.24, 2.45) is 33.7 Å². The molecule has 5 aliphatic rings. The van der Waals surface area contributed by atoms with Crippen LogP contribution in [-0.4, -0.2) is 47.6 Å². The highest BCUT2D eigenvalue weighted by atomic mass is 16.6. The van der Waals surface area contributed by atoms with Crippen molar-refractivity contribution in [2.75, 3.05) is 26.2 Å². The zero-order valence-corrected chi connectivity index (χ0v) is 24.3. The molecule has 214 valence electrons. The van der Waals surface area contributed by atoms with Crippen LogP contribution in [0.25, 0.3) is 0 Å². The minimum atomic E-state index is -0.681. The third kappa shape index (κ3) is 4.84. The molecule has 2 bridgehead atoms. The van der Waals surface area contributed by atoms with Crippen LogP contribution in [0.15, 0.2) is 44.4 Å². The number of allylic oxidation sites excluding steroid dienone is 2. The molecule has 3 saturated carbocycles. The Kier molecular flexibility index (Phi) is 7.33. The first-order valence-corrected chi connectivity index (χ1v) is 15.6. The average Bonchev–Trinajstić information content (AvgIpc) is 3.03. The lowest BCUT2D eigenvalue weighted by Gasteiger charge is -2.46. The lowest BCUT2D eigenvalue weighted by molar-refractivity contribution is -0.104. The Morgan fingerprint density at radius 1 is 1.05 bits per heavy atom. The summed E-state index contributed by atoms with van der Waals surface area (Å²) in [5.74, 6) is 1.95. The SMILES string of the molecule is CC1CCN(CCO/N=C2/C=C3CC[C@@H]4CC(CC[C@]5(C)[C@@H](c6ccc(=O)oc6)CC[C@]45O)[C@@]3(C)CC2)CC1. The average molecular weight is 537 g/mol. The highest BCUT2D eigenvalue weighted by Crippen LogP contribution is 2.66. The third-order valence-corrected chi connectivity index (χ3v) is 12.1. The first-order valence-electron chi connectivity index (χ1n) is 15.6. The Morgan fingerprint density at radius 2 is 1.87 bits per heavy atom. The number of nitrogens with zero attached hydrogens (tertiary/aromatic N) is 2. The van der Waals surface area contributed by atoms with Crippen molar-refractivity contribution in [3.8, 4) is 0 Å². The van der Waals surface area contributed by atoms with Gasteiger partial charge in [-0.2, -0.15) is 0 Å². The maximum Gasteiger partial charge on any atom is 0.335 e.